The number of amides is 1. The number of aliphatic hydroxyl groups excluding tert-OH is 1. The van der Waals surface area contributed by atoms with Gasteiger partial charge in [0.05, 0.1) is 34.5 Å². The van der Waals surface area contributed by atoms with Crippen molar-refractivity contribution < 1.29 is 19.4 Å². The number of carbonyl (C=O) groups is 2. The standard InChI is InChI=1S/C27H31ClN4O4/c1-15-7-9-20-22(31(15)27(35)36-3)11-12-23-24(20)30-26(25(34)21-10-8-18(28)14-29-21)32(23)19-6-4-5-17(13-19)16(2)33/h8,10-12,14-15,17,19,25,34H,4-7,9,13H2,1-3H3/t15-,17+,19+,25-/m0/s1. The number of aliphatic hydroxyl groups is 1. The highest BCUT2D eigenvalue weighted by molar-refractivity contribution is 6.30. The fourth-order valence-corrected chi connectivity index (χ4v) is 5.93. The number of aromatic nitrogens is 3. The fraction of sp³-hybridized carbons (Fsp3) is 0.481. The van der Waals surface area contributed by atoms with Gasteiger partial charge in [0.25, 0.3) is 0 Å². The van der Waals surface area contributed by atoms with E-state index in [0.717, 1.165) is 54.4 Å². The molecule has 2 aromatic heterocycles. The van der Waals surface area contributed by atoms with Crippen LogP contribution in [0.15, 0.2) is 30.5 Å². The Kier molecular flexibility index (Phi) is 6.74. The van der Waals surface area contributed by atoms with Crippen LogP contribution in [0, 0.1) is 5.92 Å². The van der Waals surface area contributed by atoms with Crippen LogP contribution in [-0.2, 0) is 16.0 Å². The second-order valence-corrected chi connectivity index (χ2v) is 10.4. The summed E-state index contributed by atoms with van der Waals surface area (Å²) in [5.41, 5.74) is 3.86. The molecular formula is C27H31ClN4O4. The lowest BCUT2D eigenvalue weighted by molar-refractivity contribution is -0.122. The molecule has 9 heteroatoms. The maximum absolute atomic E-state index is 12.6. The van der Waals surface area contributed by atoms with Gasteiger partial charge in [-0.25, -0.2) is 9.78 Å². The van der Waals surface area contributed by atoms with Crippen molar-refractivity contribution in [2.45, 2.75) is 70.6 Å². The second kappa shape index (κ2) is 9.82. The number of hydrogen-bond acceptors (Lipinski definition) is 6. The highest BCUT2D eigenvalue weighted by Gasteiger charge is 2.35. The first-order chi connectivity index (χ1) is 17.3. The molecule has 190 valence electrons. The fourth-order valence-electron chi connectivity index (χ4n) is 5.82. The molecule has 36 heavy (non-hydrogen) atoms. The number of Topliss-reactive ketones (excluding diaryl/α,β-unsaturated/α-hetero) is 1. The SMILES string of the molecule is COC(=O)N1c2ccc3c(nc([C@@H](O)c4ccc(Cl)cn4)n3[C@@H]3CCC[C@@H](C(C)=O)C3)c2CC[C@@H]1C. The monoisotopic (exact) mass is 510 g/mol. The van der Waals surface area contributed by atoms with Gasteiger partial charge in [0.2, 0.25) is 0 Å². The molecule has 4 atom stereocenters. The molecule has 1 amide bonds. The van der Waals surface area contributed by atoms with Gasteiger partial charge in [0, 0.05) is 29.8 Å². The molecule has 3 heterocycles. The summed E-state index contributed by atoms with van der Waals surface area (Å²) in [5, 5.41) is 11.9. The summed E-state index contributed by atoms with van der Waals surface area (Å²) >= 11 is 6.03. The van der Waals surface area contributed by atoms with Gasteiger partial charge in [-0.05, 0) is 70.2 Å². The topological polar surface area (TPSA) is 97.5 Å². The predicted octanol–water partition coefficient (Wildman–Crippen LogP) is 5.39. The summed E-state index contributed by atoms with van der Waals surface area (Å²) in [6, 6.07) is 7.34. The van der Waals surface area contributed by atoms with Crippen LogP contribution >= 0.6 is 11.6 Å². The summed E-state index contributed by atoms with van der Waals surface area (Å²) < 4.78 is 7.17. The van der Waals surface area contributed by atoms with Crippen molar-refractivity contribution in [3.63, 3.8) is 0 Å². The molecule has 1 aromatic carbocycles. The van der Waals surface area contributed by atoms with E-state index >= 15 is 0 Å². The van der Waals surface area contributed by atoms with Gasteiger partial charge in [0.15, 0.2) is 6.10 Å². The highest BCUT2D eigenvalue weighted by atomic mass is 35.5. The second-order valence-electron chi connectivity index (χ2n) is 9.93. The molecule has 1 N–H and O–H groups in total. The predicted molar refractivity (Wildman–Crippen MR) is 137 cm³/mol. The number of anilines is 1. The average molecular weight is 511 g/mol. The first kappa shape index (κ1) is 24.7. The van der Waals surface area contributed by atoms with E-state index in [1.54, 1.807) is 24.0 Å². The number of methoxy groups -OCH3 is 1. The van der Waals surface area contributed by atoms with E-state index in [4.69, 9.17) is 21.3 Å². The minimum atomic E-state index is -1.07. The summed E-state index contributed by atoms with van der Waals surface area (Å²) in [7, 11) is 1.39. The van der Waals surface area contributed by atoms with Crippen LogP contribution in [0.2, 0.25) is 5.02 Å². The zero-order valence-electron chi connectivity index (χ0n) is 20.8. The van der Waals surface area contributed by atoms with Gasteiger partial charge >= 0.3 is 6.09 Å². The zero-order chi connectivity index (χ0) is 25.6. The molecule has 5 rings (SSSR count). The van der Waals surface area contributed by atoms with Gasteiger partial charge in [-0.3, -0.25) is 14.7 Å². The molecule has 0 spiro atoms. The molecule has 1 fully saturated rings. The number of pyridine rings is 1. The highest BCUT2D eigenvalue weighted by Crippen LogP contribution is 2.42. The number of ether oxygens (including phenoxy) is 1. The molecule has 3 aromatic rings. The number of benzene rings is 1. The van der Waals surface area contributed by atoms with Gasteiger partial charge in [-0.2, -0.15) is 0 Å². The van der Waals surface area contributed by atoms with E-state index in [2.05, 4.69) is 9.55 Å². The summed E-state index contributed by atoms with van der Waals surface area (Å²) in [6.45, 7) is 3.67. The third-order valence-electron chi connectivity index (χ3n) is 7.71. The van der Waals surface area contributed by atoms with Crippen molar-refractivity contribution in [1.82, 2.24) is 14.5 Å². The van der Waals surface area contributed by atoms with E-state index in [9.17, 15) is 14.7 Å². The Balaban J connectivity index is 1.69. The van der Waals surface area contributed by atoms with Crippen molar-refractivity contribution in [3.05, 3.63) is 52.6 Å². The Bertz CT molecular complexity index is 1310. The smallest absolute Gasteiger partial charge is 0.414 e. The summed E-state index contributed by atoms with van der Waals surface area (Å²) in [6.07, 6.45) is 5.00. The molecule has 2 aliphatic rings. The molecule has 1 aliphatic carbocycles. The summed E-state index contributed by atoms with van der Waals surface area (Å²) in [4.78, 5) is 35.9. The molecule has 1 saturated carbocycles. The first-order valence-corrected chi connectivity index (χ1v) is 12.9. The van der Waals surface area contributed by atoms with Crippen molar-refractivity contribution in [2.75, 3.05) is 12.0 Å². The van der Waals surface area contributed by atoms with Crippen molar-refractivity contribution in [2.24, 2.45) is 5.92 Å². The number of imidazole rings is 1. The number of nitrogens with zero attached hydrogens (tertiary/aromatic N) is 4. The molecule has 1 aliphatic heterocycles. The number of halogens is 1. The van der Waals surface area contributed by atoms with E-state index in [0.29, 0.717) is 23.0 Å². The number of fused-ring (bicyclic) bond motifs is 3. The number of rotatable bonds is 4. The van der Waals surface area contributed by atoms with Gasteiger partial charge in [0.1, 0.15) is 11.6 Å². The Morgan fingerprint density at radius 1 is 1.19 bits per heavy atom. The maximum Gasteiger partial charge on any atom is 0.414 e. The lowest BCUT2D eigenvalue weighted by Crippen LogP contribution is -2.42. The molecule has 0 bridgehead atoms. The van der Waals surface area contributed by atoms with E-state index < -0.39 is 12.2 Å². The number of ketones is 1. The number of aryl methyl sites for hydroxylation is 1. The van der Waals surface area contributed by atoms with E-state index in [-0.39, 0.29) is 23.8 Å². The van der Waals surface area contributed by atoms with E-state index in [1.165, 1.54) is 13.3 Å². The lowest BCUT2D eigenvalue weighted by atomic mass is 9.83. The van der Waals surface area contributed by atoms with E-state index in [1.807, 2.05) is 19.1 Å². The van der Waals surface area contributed by atoms with Crippen molar-refractivity contribution in [3.8, 4) is 0 Å². The molecule has 8 nitrogen and oxygen atoms in total. The third-order valence-corrected chi connectivity index (χ3v) is 7.94. The molecule has 0 unspecified atom stereocenters. The summed E-state index contributed by atoms with van der Waals surface area (Å²) in [5.74, 6) is 0.685. The molecule has 0 saturated heterocycles. The minimum absolute atomic E-state index is 0.00230. The minimum Gasteiger partial charge on any atom is -0.452 e. The Hall–Kier alpha value is -2.97. The average Bonchev–Trinajstić information content (AvgIpc) is 3.28. The quantitative estimate of drug-likeness (QED) is 0.505. The van der Waals surface area contributed by atoms with Crippen LogP contribution in [0.25, 0.3) is 11.0 Å². The zero-order valence-corrected chi connectivity index (χ0v) is 21.5. The van der Waals surface area contributed by atoms with Crippen LogP contribution in [0.5, 0.6) is 0 Å². The van der Waals surface area contributed by atoms with Crippen LogP contribution in [-0.4, -0.2) is 44.7 Å². The van der Waals surface area contributed by atoms with Gasteiger partial charge in [-0.1, -0.05) is 18.0 Å². The van der Waals surface area contributed by atoms with Crippen LogP contribution in [0.1, 0.15) is 75.2 Å². The van der Waals surface area contributed by atoms with Crippen molar-refractivity contribution in [1.29, 1.82) is 0 Å². The van der Waals surface area contributed by atoms with Crippen LogP contribution < -0.4 is 4.90 Å². The normalized spacial score (nSPS) is 22.8. The maximum atomic E-state index is 12.6. The third kappa shape index (κ3) is 4.26. The number of hydrogen-bond donors (Lipinski definition) is 1. The number of carbonyl (C=O) groups excluding carboxylic acids is 2. The lowest BCUT2D eigenvalue weighted by Gasteiger charge is -2.34. The largest absolute Gasteiger partial charge is 0.452 e. The Morgan fingerprint density at radius 2 is 2.00 bits per heavy atom. The molecular weight excluding hydrogens is 480 g/mol. The van der Waals surface area contributed by atoms with Crippen LogP contribution in [0.3, 0.4) is 0 Å². The Morgan fingerprint density at radius 3 is 2.69 bits per heavy atom. The van der Waals surface area contributed by atoms with Gasteiger partial charge in [-0.15, -0.1) is 0 Å². The van der Waals surface area contributed by atoms with Crippen LogP contribution in [0.4, 0.5) is 10.5 Å². The first-order valence-electron chi connectivity index (χ1n) is 12.5. The molecule has 0 radical (unpaired) electrons. The Labute approximate surface area is 215 Å². The van der Waals surface area contributed by atoms with Crippen molar-refractivity contribution >= 4 is 40.2 Å². The van der Waals surface area contributed by atoms with Gasteiger partial charge < -0.3 is 14.4 Å².